The number of phenols is 1. The maximum atomic E-state index is 10.0. The monoisotopic (exact) mass is 296 g/mol. The Labute approximate surface area is 129 Å². The zero-order valence-corrected chi connectivity index (χ0v) is 12.2. The first-order chi connectivity index (χ1) is 10.7. The smallest absolute Gasteiger partial charge is 0.169 e. The van der Waals surface area contributed by atoms with E-state index in [1.807, 2.05) is 18.2 Å². The van der Waals surface area contributed by atoms with Crippen LogP contribution < -0.4 is 10.6 Å². The van der Waals surface area contributed by atoms with Crippen LogP contribution in [-0.4, -0.2) is 40.5 Å². The fourth-order valence-electron chi connectivity index (χ4n) is 3.36. The summed E-state index contributed by atoms with van der Waals surface area (Å²) in [6, 6.07) is 9.85. The van der Waals surface area contributed by atoms with Gasteiger partial charge < -0.3 is 21.1 Å². The number of aromatic nitrogens is 2. The van der Waals surface area contributed by atoms with Crippen LogP contribution in [0.3, 0.4) is 0 Å². The van der Waals surface area contributed by atoms with Crippen LogP contribution in [0.2, 0.25) is 0 Å². The van der Waals surface area contributed by atoms with E-state index in [1.54, 1.807) is 12.1 Å². The molecule has 22 heavy (non-hydrogen) atoms. The number of benzene rings is 1. The third kappa shape index (κ3) is 2.25. The van der Waals surface area contributed by atoms with E-state index in [0.717, 1.165) is 31.6 Å². The first-order valence-corrected chi connectivity index (χ1v) is 7.57. The van der Waals surface area contributed by atoms with E-state index in [0.29, 0.717) is 29.2 Å². The van der Waals surface area contributed by atoms with Gasteiger partial charge in [-0.05, 0) is 18.2 Å². The predicted molar refractivity (Wildman–Crippen MR) is 85.9 cm³/mol. The van der Waals surface area contributed by atoms with Gasteiger partial charge in [0.15, 0.2) is 5.82 Å². The van der Waals surface area contributed by atoms with Crippen LogP contribution in [-0.2, 0) is 0 Å². The molecule has 2 fully saturated rings. The Morgan fingerprint density at radius 3 is 2.59 bits per heavy atom. The summed E-state index contributed by atoms with van der Waals surface area (Å²) in [5, 5.41) is 23.0. The largest absolute Gasteiger partial charge is 0.654 e. The van der Waals surface area contributed by atoms with Gasteiger partial charge in [-0.25, -0.2) is 0 Å². The molecule has 2 atom stereocenters. The lowest BCUT2D eigenvalue weighted by molar-refractivity contribution is 0.477. The summed E-state index contributed by atoms with van der Waals surface area (Å²) in [6.45, 7) is 1.76. The second-order valence-corrected chi connectivity index (χ2v) is 5.96. The maximum Gasteiger partial charge on any atom is 0.169 e. The van der Waals surface area contributed by atoms with Crippen molar-refractivity contribution in [1.82, 2.24) is 10.2 Å². The Balaban J connectivity index is 1.71. The maximum absolute atomic E-state index is 10.0. The molecule has 1 aromatic carbocycles. The first kappa shape index (κ1) is 13.3. The van der Waals surface area contributed by atoms with Crippen LogP contribution in [0.4, 0.5) is 11.5 Å². The molecule has 3 N–H and O–H groups in total. The van der Waals surface area contributed by atoms with Crippen molar-refractivity contribution in [1.29, 1.82) is 0 Å². The lowest BCUT2D eigenvalue weighted by atomic mass is 10.1. The topological polar surface area (TPSA) is 89.4 Å². The van der Waals surface area contributed by atoms with E-state index < -0.39 is 0 Å². The van der Waals surface area contributed by atoms with Gasteiger partial charge in [0.1, 0.15) is 5.75 Å². The number of aromatic hydroxyl groups is 1. The van der Waals surface area contributed by atoms with Gasteiger partial charge in [-0.3, -0.25) is 0 Å². The fourth-order valence-corrected chi connectivity index (χ4v) is 3.36. The van der Waals surface area contributed by atoms with Crippen molar-refractivity contribution in [3.05, 3.63) is 35.6 Å². The summed E-state index contributed by atoms with van der Waals surface area (Å²) < 4.78 is 0. The van der Waals surface area contributed by atoms with Crippen LogP contribution >= 0.6 is 0 Å². The molecule has 6 heteroatoms. The van der Waals surface area contributed by atoms with Crippen molar-refractivity contribution >= 4 is 11.5 Å². The van der Waals surface area contributed by atoms with Crippen LogP contribution in [0.5, 0.6) is 5.75 Å². The molecule has 0 radical (unpaired) electrons. The molecule has 4 rings (SSSR count). The van der Waals surface area contributed by atoms with Crippen LogP contribution in [0.25, 0.3) is 16.6 Å². The lowest BCUT2D eigenvalue weighted by Gasteiger charge is -2.44. The van der Waals surface area contributed by atoms with Gasteiger partial charge >= 0.3 is 0 Å². The minimum absolute atomic E-state index is 0.196. The lowest BCUT2D eigenvalue weighted by Crippen LogP contribution is -2.40. The zero-order valence-electron chi connectivity index (χ0n) is 12.2. The molecule has 6 nitrogen and oxygen atoms in total. The standard InChI is InChI=1S/C16H18N5O/c17-16-14(21-8-10-5-6-11(9-21)18-10)7-13(19-20-16)12-3-1-2-4-15(12)22/h1-4,7,10-11,22H,5-6,8-9H2,(H2,17,20)/q-1/t10-,11+. The third-order valence-corrected chi connectivity index (χ3v) is 4.44. The quantitative estimate of drug-likeness (QED) is 0.886. The Bertz CT molecular complexity index is 693. The average molecular weight is 296 g/mol. The molecule has 0 unspecified atom stereocenters. The van der Waals surface area contributed by atoms with Gasteiger partial charge in [0.25, 0.3) is 0 Å². The zero-order chi connectivity index (χ0) is 15.1. The molecule has 2 saturated heterocycles. The van der Waals surface area contributed by atoms with E-state index in [1.165, 1.54) is 0 Å². The number of nitrogens with zero attached hydrogens (tertiary/aromatic N) is 4. The molecule has 2 aliphatic heterocycles. The number of hydrogen-bond acceptors (Lipinski definition) is 5. The second-order valence-electron chi connectivity index (χ2n) is 5.96. The number of phenolic OH excluding ortho intramolecular Hbond substituents is 1. The summed E-state index contributed by atoms with van der Waals surface area (Å²) in [4.78, 5) is 2.25. The molecular weight excluding hydrogens is 278 g/mol. The van der Waals surface area contributed by atoms with E-state index >= 15 is 0 Å². The highest BCUT2D eigenvalue weighted by Crippen LogP contribution is 2.37. The van der Waals surface area contributed by atoms with Crippen LogP contribution in [0.1, 0.15) is 12.8 Å². The molecule has 0 amide bonds. The van der Waals surface area contributed by atoms with Crippen molar-refractivity contribution < 1.29 is 5.11 Å². The van der Waals surface area contributed by atoms with E-state index in [4.69, 9.17) is 11.1 Å². The molecule has 2 aromatic rings. The van der Waals surface area contributed by atoms with Crippen molar-refractivity contribution in [2.24, 2.45) is 0 Å². The molecular formula is C16H18N5O-. The van der Waals surface area contributed by atoms with Crippen molar-refractivity contribution in [3.8, 4) is 17.0 Å². The van der Waals surface area contributed by atoms with E-state index in [-0.39, 0.29) is 5.75 Å². The van der Waals surface area contributed by atoms with Gasteiger partial charge in [0.2, 0.25) is 0 Å². The Morgan fingerprint density at radius 2 is 1.86 bits per heavy atom. The number of anilines is 2. The normalized spacial score (nSPS) is 23.7. The highest BCUT2D eigenvalue weighted by Gasteiger charge is 2.25. The number of hydrogen-bond donors (Lipinski definition) is 2. The highest BCUT2D eigenvalue weighted by molar-refractivity contribution is 5.74. The van der Waals surface area contributed by atoms with Gasteiger partial charge in [-0.2, -0.15) is 0 Å². The Morgan fingerprint density at radius 1 is 1.14 bits per heavy atom. The van der Waals surface area contributed by atoms with Gasteiger partial charge in [0, 0.05) is 18.7 Å². The molecule has 114 valence electrons. The highest BCUT2D eigenvalue weighted by atomic mass is 16.3. The SMILES string of the molecule is Nc1nnc(-c2ccccc2O)cc1N1C[C@H]2CC[C@@H](C1)[N-]2. The third-order valence-electron chi connectivity index (χ3n) is 4.44. The Hall–Kier alpha value is -2.34. The van der Waals surface area contributed by atoms with Crippen molar-refractivity contribution in [2.75, 3.05) is 23.7 Å². The number of nitrogen functional groups attached to an aromatic ring is 1. The molecule has 2 bridgehead atoms. The summed E-state index contributed by atoms with van der Waals surface area (Å²) >= 11 is 0. The molecule has 0 aliphatic carbocycles. The van der Waals surface area contributed by atoms with Gasteiger partial charge in [-0.15, -0.1) is 22.3 Å². The van der Waals surface area contributed by atoms with E-state index in [2.05, 4.69) is 15.1 Å². The molecule has 2 aliphatic rings. The number of fused-ring (bicyclic) bond motifs is 2. The molecule has 0 spiro atoms. The Kier molecular flexibility index (Phi) is 3.11. The second kappa shape index (κ2) is 5.14. The van der Waals surface area contributed by atoms with Crippen molar-refractivity contribution in [3.63, 3.8) is 0 Å². The minimum Gasteiger partial charge on any atom is -0.654 e. The van der Waals surface area contributed by atoms with Crippen molar-refractivity contribution in [2.45, 2.75) is 24.9 Å². The molecule has 1 aromatic heterocycles. The first-order valence-electron chi connectivity index (χ1n) is 7.57. The van der Waals surface area contributed by atoms with Crippen LogP contribution in [0, 0.1) is 0 Å². The number of piperazine rings is 1. The van der Waals surface area contributed by atoms with Crippen LogP contribution in [0.15, 0.2) is 30.3 Å². The van der Waals surface area contributed by atoms with Gasteiger partial charge in [0.05, 0.1) is 11.4 Å². The predicted octanol–water partition coefficient (Wildman–Crippen LogP) is 2.16. The summed E-state index contributed by atoms with van der Waals surface area (Å²) in [7, 11) is 0. The molecule has 0 saturated carbocycles. The number of nitrogens with two attached hydrogens (primary N) is 1. The fraction of sp³-hybridized carbons (Fsp3) is 0.375. The summed E-state index contributed by atoms with van der Waals surface area (Å²) in [6.07, 6.45) is 2.32. The summed E-state index contributed by atoms with van der Waals surface area (Å²) in [5.74, 6) is 0.627. The summed E-state index contributed by atoms with van der Waals surface area (Å²) in [5.41, 5.74) is 8.23. The number of rotatable bonds is 2. The average Bonchev–Trinajstić information content (AvgIpc) is 2.87. The molecule has 3 heterocycles. The van der Waals surface area contributed by atoms with E-state index in [9.17, 15) is 5.11 Å². The van der Waals surface area contributed by atoms with Gasteiger partial charge in [-0.1, -0.05) is 25.0 Å². The number of para-hydroxylation sites is 1. The minimum atomic E-state index is 0.196.